The fourth-order valence-corrected chi connectivity index (χ4v) is 6.29. The van der Waals surface area contributed by atoms with Crippen molar-refractivity contribution in [2.45, 2.75) is 87.4 Å². The predicted molar refractivity (Wildman–Crippen MR) is 278 cm³/mol. The summed E-state index contributed by atoms with van der Waals surface area (Å²) in [7, 11) is 17.7. The van der Waals surface area contributed by atoms with Gasteiger partial charge < -0.3 is 58.3 Å². The minimum absolute atomic E-state index is 0.0614. The molecular weight excluding hydrogens is 929 g/mol. The highest BCUT2D eigenvalue weighted by molar-refractivity contribution is 6.35. The average Bonchev–Trinajstić information content (AvgIpc) is 3.27. The third kappa shape index (κ3) is 32.3. The summed E-state index contributed by atoms with van der Waals surface area (Å²) < 4.78 is 18.2. The summed E-state index contributed by atoms with van der Waals surface area (Å²) in [4.78, 5) is 29.8. The summed E-state index contributed by atoms with van der Waals surface area (Å²) in [5.41, 5.74) is 4.70. The van der Waals surface area contributed by atoms with Crippen LogP contribution in [0.3, 0.4) is 0 Å². The Bertz CT molecular complexity index is 1800. The van der Waals surface area contributed by atoms with Crippen LogP contribution in [0.25, 0.3) is 0 Å². The van der Waals surface area contributed by atoms with Crippen LogP contribution in [-0.4, -0.2) is 165 Å². The van der Waals surface area contributed by atoms with Crippen LogP contribution >= 0.6 is 23.2 Å². The third-order valence-electron chi connectivity index (χ3n) is 10.6. The molecule has 0 aliphatic heterocycles. The first kappa shape index (κ1) is 69.1. The number of ether oxygens (including phenoxy) is 3. The highest BCUT2D eigenvalue weighted by Crippen LogP contribution is 2.38. The summed E-state index contributed by atoms with van der Waals surface area (Å²) in [6, 6.07) is 17.7. The molecule has 0 aliphatic carbocycles. The third-order valence-corrected chi connectivity index (χ3v) is 11.2. The lowest BCUT2D eigenvalue weighted by Gasteiger charge is -2.37. The second kappa shape index (κ2) is 36.7. The number of methoxy groups -OCH3 is 3. The number of quaternary nitrogens is 3. The Kier molecular flexibility index (Phi) is 36.7. The van der Waals surface area contributed by atoms with Crippen LogP contribution in [-0.2, 0) is 34.0 Å². The highest BCUT2D eigenvalue weighted by atomic mass is 35.5. The van der Waals surface area contributed by atoms with E-state index in [1.807, 2.05) is 57.2 Å². The van der Waals surface area contributed by atoms with Gasteiger partial charge in [-0.15, -0.1) is 0 Å². The number of nitrogens with zero attached hydrogens (tertiary/aromatic N) is 3. The van der Waals surface area contributed by atoms with Crippen molar-refractivity contribution >= 4 is 41.1 Å². The Morgan fingerprint density at radius 1 is 0.565 bits per heavy atom. The lowest BCUT2D eigenvalue weighted by molar-refractivity contribution is -0.941. The number of aliphatic hydroxyl groups is 3. The van der Waals surface area contributed by atoms with E-state index in [4.69, 9.17) is 52.7 Å². The quantitative estimate of drug-likeness (QED) is 0.0556. The molecule has 3 unspecified atom stereocenters. The van der Waals surface area contributed by atoms with Gasteiger partial charge >= 0.3 is 17.9 Å². The Hall–Kier alpha value is -4.19. The zero-order chi connectivity index (χ0) is 54.1. The molecule has 0 bridgehead atoms. The fourth-order valence-electron chi connectivity index (χ4n) is 5.82. The Labute approximate surface area is 424 Å². The molecule has 3 aromatic carbocycles. The van der Waals surface area contributed by atoms with Crippen molar-refractivity contribution in [3.8, 4) is 17.2 Å². The first-order chi connectivity index (χ1) is 32.0. The summed E-state index contributed by atoms with van der Waals surface area (Å²) in [6.07, 6.45) is 2.15. The zero-order valence-corrected chi connectivity index (χ0v) is 46.2. The van der Waals surface area contributed by atoms with E-state index in [0.29, 0.717) is 46.4 Å². The molecule has 0 aliphatic rings. The zero-order valence-electron chi connectivity index (χ0n) is 44.6. The van der Waals surface area contributed by atoms with Gasteiger partial charge in [0, 0.05) is 21.7 Å². The van der Waals surface area contributed by atoms with Crippen LogP contribution in [0.4, 0.5) is 0 Å². The van der Waals surface area contributed by atoms with Gasteiger partial charge in [0.2, 0.25) is 5.75 Å². The Morgan fingerprint density at radius 3 is 1.23 bits per heavy atom. The smallest absolute Gasteiger partial charge is 0.306 e. The van der Waals surface area contributed by atoms with Gasteiger partial charge in [0.1, 0.15) is 39.3 Å². The molecule has 3 atom stereocenters. The van der Waals surface area contributed by atoms with E-state index in [2.05, 4.69) is 61.3 Å². The molecule has 3 aromatic rings. The molecule has 15 nitrogen and oxygen atoms in total. The molecule has 0 amide bonds. The Balaban J connectivity index is -0.000000794. The average molecular weight is 1020 g/mol. The number of carbonyl (C=O) groups is 3. The number of hydrogen-bond acceptors (Lipinski definition) is 9. The van der Waals surface area contributed by atoms with E-state index < -0.39 is 17.9 Å². The highest BCUT2D eigenvalue weighted by Gasteiger charge is 2.27. The van der Waals surface area contributed by atoms with Crippen LogP contribution in [0.5, 0.6) is 17.2 Å². The van der Waals surface area contributed by atoms with Crippen molar-refractivity contribution in [3.63, 3.8) is 0 Å². The van der Waals surface area contributed by atoms with E-state index in [-0.39, 0.29) is 37.6 Å². The molecular formula is C52H90Cl2N3O12+3. The van der Waals surface area contributed by atoms with Crippen LogP contribution < -0.4 is 14.2 Å². The predicted octanol–water partition coefficient (Wildman–Crippen LogP) is 8.76. The van der Waals surface area contributed by atoms with Gasteiger partial charge in [0.25, 0.3) is 0 Å². The maximum Gasteiger partial charge on any atom is 0.306 e. The maximum atomic E-state index is 9.93. The van der Waals surface area contributed by atoms with Crippen LogP contribution in [0.1, 0.15) is 83.1 Å². The minimum Gasteiger partial charge on any atom is -0.493 e. The summed E-state index contributed by atoms with van der Waals surface area (Å²) in [6.45, 7) is 17.1. The topological polar surface area (TPSA) is 200 Å². The van der Waals surface area contributed by atoms with Gasteiger partial charge in [0.05, 0.1) is 106 Å². The number of rotatable bonds is 21. The number of hydrogen-bond donors (Lipinski definition) is 6. The van der Waals surface area contributed by atoms with Crippen molar-refractivity contribution in [3.05, 3.63) is 86.9 Å². The number of aryl methyl sites for hydroxylation is 1. The summed E-state index contributed by atoms with van der Waals surface area (Å²) >= 11 is 11.8. The standard InChI is InChI=1S/C14H24NO3.C13H22NO3.C10H14Cl2N.3C5H10O2/c1-13-4-2-3-5-14(13)12-15(6-9-16,7-10-17)8-11-18;1-14(2,3)9-10-7-11(15-4)13(17-6)12(8-10)16-5;1-13(2,3)7-8-4-5-9(11)6-10(8)12;3*1-3-4(2)5(6)7/h2-5,16-18H,6-12H2,1H3;7-8H,9H2,1-6H3;4-6H,7H2,1-3H3;3*4H,3H2,1-2H3,(H,6,7)/q3*+1;;;. The van der Waals surface area contributed by atoms with Gasteiger partial charge in [0.15, 0.2) is 11.5 Å². The van der Waals surface area contributed by atoms with Crippen molar-refractivity contribution in [2.24, 2.45) is 17.8 Å². The van der Waals surface area contributed by atoms with Crippen LogP contribution in [0, 0.1) is 24.7 Å². The van der Waals surface area contributed by atoms with Crippen molar-refractivity contribution in [1.29, 1.82) is 0 Å². The number of carboxylic acid groups (broad SMARTS) is 3. The second-order valence-electron chi connectivity index (χ2n) is 18.9. The van der Waals surface area contributed by atoms with Gasteiger partial charge in [-0.25, -0.2) is 0 Å². The molecule has 3 rings (SSSR count). The van der Waals surface area contributed by atoms with E-state index in [1.165, 1.54) is 11.1 Å². The Morgan fingerprint density at radius 2 is 0.957 bits per heavy atom. The molecule has 0 spiro atoms. The molecule has 0 radical (unpaired) electrons. The monoisotopic (exact) mass is 1020 g/mol. The lowest BCUT2D eigenvalue weighted by atomic mass is 10.1. The van der Waals surface area contributed by atoms with Crippen LogP contribution in [0.15, 0.2) is 54.6 Å². The molecule has 0 aromatic heterocycles. The second-order valence-corrected chi connectivity index (χ2v) is 19.7. The van der Waals surface area contributed by atoms with Gasteiger partial charge in [-0.2, -0.15) is 0 Å². The fraction of sp³-hybridized carbons (Fsp3) is 0.596. The SMILES string of the molecule is CCC(C)C(=O)O.CCC(C)C(=O)O.CCC(C)C(=O)O.COc1cc(C[N+](C)(C)C)cc(OC)c1OC.C[N+](C)(C)Cc1ccc(Cl)cc1Cl.Cc1ccccc1C[N+](CCO)(CCO)CCO. The first-order valence-corrected chi connectivity index (χ1v) is 24.0. The summed E-state index contributed by atoms with van der Waals surface area (Å²) in [5.74, 6) is -0.613. The molecule has 17 heteroatoms. The van der Waals surface area contributed by atoms with E-state index >= 15 is 0 Å². The normalized spacial score (nSPS) is 12.1. The maximum absolute atomic E-state index is 9.93. The van der Waals surface area contributed by atoms with E-state index in [1.54, 1.807) is 48.2 Å². The molecule has 6 N–H and O–H groups in total. The molecule has 396 valence electrons. The molecule has 0 saturated carbocycles. The van der Waals surface area contributed by atoms with Crippen LogP contribution in [0.2, 0.25) is 10.0 Å². The molecule has 69 heavy (non-hydrogen) atoms. The van der Waals surface area contributed by atoms with Gasteiger partial charge in [-0.05, 0) is 56.0 Å². The largest absolute Gasteiger partial charge is 0.493 e. The van der Waals surface area contributed by atoms with E-state index in [0.717, 1.165) is 64.0 Å². The molecule has 0 heterocycles. The van der Waals surface area contributed by atoms with Crippen molar-refractivity contribution in [1.82, 2.24) is 0 Å². The number of aliphatic hydroxyl groups excluding tert-OH is 3. The number of halogens is 2. The number of aliphatic carboxylic acids is 3. The summed E-state index contributed by atoms with van der Waals surface area (Å²) in [5, 5.41) is 53.7. The molecule has 0 fully saturated rings. The van der Waals surface area contributed by atoms with E-state index in [9.17, 15) is 29.7 Å². The van der Waals surface area contributed by atoms with Gasteiger partial charge in [-0.1, -0.05) is 95.1 Å². The number of carboxylic acids is 3. The lowest BCUT2D eigenvalue weighted by Crippen LogP contribution is -2.52. The minimum atomic E-state index is -0.706. The van der Waals surface area contributed by atoms with Crippen molar-refractivity contribution in [2.75, 3.05) is 103 Å². The first-order valence-electron chi connectivity index (χ1n) is 23.3. The number of benzene rings is 3. The van der Waals surface area contributed by atoms with Crippen molar-refractivity contribution < 1.29 is 72.7 Å². The van der Waals surface area contributed by atoms with Gasteiger partial charge in [-0.3, -0.25) is 14.4 Å². The molecule has 0 saturated heterocycles.